The largest absolute Gasteiger partial charge is 0.331 e. The van der Waals surface area contributed by atoms with Crippen molar-refractivity contribution in [3.8, 4) is 0 Å². The van der Waals surface area contributed by atoms with E-state index in [0.29, 0.717) is 19.5 Å². The van der Waals surface area contributed by atoms with Crippen LogP contribution < -0.4 is 5.56 Å². The highest BCUT2D eigenvalue weighted by Gasteiger charge is 2.30. The molecule has 1 aliphatic rings. The summed E-state index contributed by atoms with van der Waals surface area (Å²) in [6, 6.07) is 15.7. The van der Waals surface area contributed by atoms with E-state index in [-0.39, 0.29) is 28.9 Å². The van der Waals surface area contributed by atoms with Gasteiger partial charge in [0.15, 0.2) is 0 Å². The van der Waals surface area contributed by atoms with Gasteiger partial charge in [-0.15, -0.1) is 0 Å². The van der Waals surface area contributed by atoms with Crippen LogP contribution in [0.4, 0.5) is 4.39 Å². The van der Waals surface area contributed by atoms with E-state index < -0.39 is 0 Å². The van der Waals surface area contributed by atoms with Gasteiger partial charge in [-0.1, -0.05) is 35.9 Å². The molecule has 4 rings (SSSR count). The molecule has 5 heteroatoms. The molecule has 0 spiro atoms. The van der Waals surface area contributed by atoms with E-state index in [4.69, 9.17) is 0 Å². The van der Waals surface area contributed by atoms with Crippen LogP contribution in [-0.2, 0) is 13.0 Å². The Balaban J connectivity index is 1.63. The maximum Gasteiger partial charge on any atom is 0.263 e. The van der Waals surface area contributed by atoms with Gasteiger partial charge in [0, 0.05) is 12.7 Å². The normalized spacial score (nSPS) is 15.8. The number of hydrogen-bond donors (Lipinski definition) is 0. The molecule has 0 bridgehead atoms. The molecule has 29 heavy (non-hydrogen) atoms. The van der Waals surface area contributed by atoms with Gasteiger partial charge in [-0.2, -0.15) is 0 Å². The molecule has 0 aliphatic carbocycles. The van der Waals surface area contributed by atoms with Crippen LogP contribution in [0.2, 0.25) is 0 Å². The number of aryl methyl sites for hydroxylation is 1. The second-order valence-electron chi connectivity index (χ2n) is 7.61. The van der Waals surface area contributed by atoms with Crippen LogP contribution in [0, 0.1) is 12.7 Å². The minimum atomic E-state index is -0.315. The van der Waals surface area contributed by atoms with E-state index in [1.807, 2.05) is 38.1 Å². The average molecular weight is 390 g/mol. The fourth-order valence-electron chi connectivity index (χ4n) is 4.05. The van der Waals surface area contributed by atoms with E-state index in [0.717, 1.165) is 22.3 Å². The van der Waals surface area contributed by atoms with Crippen LogP contribution in [0.25, 0.3) is 0 Å². The lowest BCUT2D eigenvalue weighted by Gasteiger charge is -2.35. The Kier molecular flexibility index (Phi) is 5.05. The molecule has 1 aromatic heterocycles. The van der Waals surface area contributed by atoms with Gasteiger partial charge in [0.05, 0.1) is 12.6 Å². The number of halogens is 1. The molecule has 2 aromatic carbocycles. The molecule has 0 saturated heterocycles. The number of benzene rings is 2. The number of rotatable bonds is 3. The highest BCUT2D eigenvalue weighted by atomic mass is 19.1. The lowest BCUT2D eigenvalue weighted by molar-refractivity contribution is 0.0674. The van der Waals surface area contributed by atoms with Gasteiger partial charge in [0.2, 0.25) is 0 Å². The summed E-state index contributed by atoms with van der Waals surface area (Å²) in [7, 11) is 0. The molecular formula is C24H23FN2O2. The second kappa shape index (κ2) is 7.66. The standard InChI is InChI=1S/C24H23FN2O2/c1-16-5-3-6-18(13-16)15-26-11-4-7-21(23(26)28)24(29)27-12-10-19-8-9-20(25)14-22(19)17(27)2/h3-9,11,13-14,17H,10,12,15H2,1-2H3. The zero-order valence-electron chi connectivity index (χ0n) is 16.6. The SMILES string of the molecule is Cc1cccc(Cn2cccc(C(=O)N3CCc4ccc(F)cc4C3C)c2=O)c1. The molecule has 1 amide bonds. The molecule has 4 nitrogen and oxygen atoms in total. The first-order valence-corrected chi connectivity index (χ1v) is 9.78. The van der Waals surface area contributed by atoms with Gasteiger partial charge in [-0.3, -0.25) is 9.59 Å². The van der Waals surface area contributed by atoms with E-state index >= 15 is 0 Å². The molecule has 148 valence electrons. The molecular weight excluding hydrogens is 367 g/mol. The van der Waals surface area contributed by atoms with Crippen LogP contribution in [0.5, 0.6) is 0 Å². The number of hydrogen-bond acceptors (Lipinski definition) is 2. The Morgan fingerprint density at radius 2 is 1.97 bits per heavy atom. The van der Waals surface area contributed by atoms with E-state index in [1.165, 1.54) is 12.1 Å². The smallest absolute Gasteiger partial charge is 0.263 e. The molecule has 3 aromatic rings. The van der Waals surface area contributed by atoms with Gasteiger partial charge in [0.1, 0.15) is 11.4 Å². The van der Waals surface area contributed by atoms with Crippen molar-refractivity contribution >= 4 is 5.91 Å². The zero-order chi connectivity index (χ0) is 20.5. The van der Waals surface area contributed by atoms with Gasteiger partial charge in [-0.05, 0) is 61.2 Å². The van der Waals surface area contributed by atoms with Gasteiger partial charge >= 0.3 is 0 Å². The first kappa shape index (κ1) is 19.1. The summed E-state index contributed by atoms with van der Waals surface area (Å²) in [4.78, 5) is 27.9. The van der Waals surface area contributed by atoms with Crippen molar-refractivity contribution in [3.05, 3.63) is 105 Å². The molecule has 0 radical (unpaired) electrons. The third-order valence-electron chi connectivity index (χ3n) is 5.59. The van der Waals surface area contributed by atoms with Gasteiger partial charge < -0.3 is 9.47 Å². The third kappa shape index (κ3) is 3.73. The zero-order valence-corrected chi connectivity index (χ0v) is 16.6. The predicted molar refractivity (Wildman–Crippen MR) is 111 cm³/mol. The van der Waals surface area contributed by atoms with Crippen LogP contribution in [0.1, 0.15) is 45.6 Å². The van der Waals surface area contributed by atoms with Crippen molar-refractivity contribution in [2.24, 2.45) is 0 Å². The lowest BCUT2D eigenvalue weighted by atomic mass is 9.93. The van der Waals surface area contributed by atoms with Crippen molar-refractivity contribution in [2.45, 2.75) is 32.9 Å². The number of fused-ring (bicyclic) bond motifs is 1. The second-order valence-corrected chi connectivity index (χ2v) is 7.61. The third-order valence-corrected chi connectivity index (χ3v) is 5.59. The highest BCUT2D eigenvalue weighted by molar-refractivity contribution is 5.94. The number of pyridine rings is 1. The summed E-state index contributed by atoms with van der Waals surface area (Å²) in [5.41, 5.74) is 3.82. The topological polar surface area (TPSA) is 42.3 Å². The van der Waals surface area contributed by atoms with Crippen molar-refractivity contribution < 1.29 is 9.18 Å². The molecule has 1 atom stereocenters. The van der Waals surface area contributed by atoms with E-state index in [1.54, 1.807) is 33.9 Å². The number of aromatic nitrogens is 1. The number of carbonyl (C=O) groups excluding carboxylic acids is 1. The quantitative estimate of drug-likeness (QED) is 0.676. The fraction of sp³-hybridized carbons (Fsp3) is 0.250. The molecule has 0 fully saturated rings. The lowest BCUT2D eigenvalue weighted by Crippen LogP contribution is -2.41. The van der Waals surface area contributed by atoms with Crippen molar-refractivity contribution in [3.63, 3.8) is 0 Å². The van der Waals surface area contributed by atoms with Crippen LogP contribution in [0.15, 0.2) is 65.6 Å². The summed E-state index contributed by atoms with van der Waals surface area (Å²) >= 11 is 0. The Labute approximate surface area is 169 Å². The molecule has 2 heterocycles. The minimum absolute atomic E-state index is 0.145. The molecule has 1 unspecified atom stereocenters. The Morgan fingerprint density at radius 3 is 2.76 bits per heavy atom. The van der Waals surface area contributed by atoms with Crippen molar-refractivity contribution in [1.29, 1.82) is 0 Å². The maximum absolute atomic E-state index is 13.7. The molecule has 1 aliphatic heterocycles. The number of nitrogens with zero attached hydrogens (tertiary/aromatic N) is 2. The van der Waals surface area contributed by atoms with Crippen LogP contribution >= 0.6 is 0 Å². The minimum Gasteiger partial charge on any atom is -0.331 e. The monoisotopic (exact) mass is 390 g/mol. The van der Waals surface area contributed by atoms with Crippen molar-refractivity contribution in [1.82, 2.24) is 9.47 Å². The summed E-state index contributed by atoms with van der Waals surface area (Å²) in [5, 5.41) is 0. The Bertz CT molecular complexity index is 1140. The van der Waals surface area contributed by atoms with Gasteiger partial charge in [-0.25, -0.2) is 4.39 Å². The van der Waals surface area contributed by atoms with Gasteiger partial charge in [0.25, 0.3) is 11.5 Å². The highest BCUT2D eigenvalue weighted by Crippen LogP contribution is 2.30. The molecule has 0 N–H and O–H groups in total. The summed E-state index contributed by atoms with van der Waals surface area (Å²) in [6.07, 6.45) is 2.35. The first-order valence-electron chi connectivity index (χ1n) is 9.78. The van der Waals surface area contributed by atoms with Crippen LogP contribution in [-0.4, -0.2) is 21.9 Å². The van der Waals surface area contributed by atoms with Crippen LogP contribution in [0.3, 0.4) is 0 Å². The maximum atomic E-state index is 13.7. The summed E-state index contributed by atoms with van der Waals surface area (Å²) < 4.78 is 15.3. The first-order chi connectivity index (χ1) is 13.9. The summed E-state index contributed by atoms with van der Waals surface area (Å²) in [5.74, 6) is -0.624. The Morgan fingerprint density at radius 1 is 1.14 bits per heavy atom. The van der Waals surface area contributed by atoms with E-state index in [2.05, 4.69) is 0 Å². The van der Waals surface area contributed by atoms with E-state index in [9.17, 15) is 14.0 Å². The average Bonchev–Trinajstić information content (AvgIpc) is 2.70. The number of carbonyl (C=O) groups is 1. The number of amides is 1. The Hall–Kier alpha value is -3.21. The predicted octanol–water partition coefficient (Wildman–Crippen LogP) is 4.10. The fourth-order valence-corrected chi connectivity index (χ4v) is 4.05. The van der Waals surface area contributed by atoms with Crippen molar-refractivity contribution in [2.75, 3.05) is 6.54 Å². The molecule has 0 saturated carbocycles. The summed E-state index contributed by atoms with van der Waals surface area (Å²) in [6.45, 7) is 4.80.